The number of aromatic amines is 1. The van der Waals surface area contributed by atoms with Crippen LogP contribution in [0.25, 0.3) is 21.1 Å². The number of hydrogen-bond acceptors (Lipinski definition) is 7. The molecular weight excluding hydrogens is 374 g/mol. The largest absolute Gasteiger partial charge is 0.339 e. The fourth-order valence-electron chi connectivity index (χ4n) is 2.84. The molecule has 1 amide bonds. The third kappa shape index (κ3) is 3.03. The Labute approximate surface area is 162 Å². The lowest BCUT2D eigenvalue weighted by molar-refractivity contribution is 0.102. The molecule has 4 heterocycles. The average Bonchev–Trinajstić information content (AvgIpc) is 3.37. The Morgan fingerprint density at radius 2 is 1.96 bits per heavy atom. The van der Waals surface area contributed by atoms with Crippen LogP contribution in [0.3, 0.4) is 0 Å². The van der Waals surface area contributed by atoms with Gasteiger partial charge in [-0.25, -0.2) is 4.98 Å². The van der Waals surface area contributed by atoms with E-state index < -0.39 is 0 Å². The van der Waals surface area contributed by atoms with Crippen molar-refractivity contribution in [3.8, 4) is 0 Å². The Morgan fingerprint density at radius 1 is 1.07 bits per heavy atom. The minimum atomic E-state index is -0.289. The third-order valence-electron chi connectivity index (χ3n) is 4.17. The van der Waals surface area contributed by atoms with Gasteiger partial charge in [-0.1, -0.05) is 0 Å². The number of nitrogens with zero attached hydrogens (tertiary/aromatic N) is 4. The Kier molecular flexibility index (Phi) is 3.91. The van der Waals surface area contributed by atoms with E-state index in [1.807, 2.05) is 29.6 Å². The molecule has 0 aliphatic heterocycles. The normalized spacial score (nSPS) is 11.0. The van der Waals surface area contributed by atoms with Gasteiger partial charge in [0.15, 0.2) is 5.82 Å². The lowest BCUT2D eigenvalue weighted by Crippen LogP contribution is -2.14. The zero-order chi connectivity index (χ0) is 18.9. The van der Waals surface area contributed by atoms with Gasteiger partial charge in [0.05, 0.1) is 21.9 Å². The van der Waals surface area contributed by atoms with Crippen LogP contribution in [0.4, 0.5) is 17.5 Å². The summed E-state index contributed by atoms with van der Waals surface area (Å²) >= 11 is 1.54. The first-order chi connectivity index (χ1) is 13.8. The van der Waals surface area contributed by atoms with Crippen LogP contribution >= 0.6 is 11.3 Å². The Balaban J connectivity index is 1.49. The highest BCUT2D eigenvalue weighted by Gasteiger charge is 2.13. The van der Waals surface area contributed by atoms with E-state index in [0.717, 1.165) is 26.8 Å². The Morgan fingerprint density at radius 3 is 2.86 bits per heavy atom. The van der Waals surface area contributed by atoms with Crippen LogP contribution in [0.5, 0.6) is 0 Å². The molecule has 4 aromatic heterocycles. The second-order valence-electron chi connectivity index (χ2n) is 6.02. The van der Waals surface area contributed by atoms with E-state index in [9.17, 15) is 4.79 Å². The number of carbonyl (C=O) groups excluding carboxylic acids is 1. The zero-order valence-electron chi connectivity index (χ0n) is 14.4. The van der Waals surface area contributed by atoms with Gasteiger partial charge >= 0.3 is 0 Å². The minimum Gasteiger partial charge on any atom is -0.339 e. The number of anilines is 3. The lowest BCUT2D eigenvalue weighted by Gasteiger charge is -2.10. The SMILES string of the molecule is O=C(Nc1nc(Nc2ccc3[nH]ncc3c2)c2sccc2n1)c1ccncc1. The van der Waals surface area contributed by atoms with Gasteiger partial charge in [-0.05, 0) is 41.8 Å². The van der Waals surface area contributed by atoms with Crippen LogP contribution in [0.15, 0.2) is 60.4 Å². The number of H-pyrrole nitrogens is 1. The summed E-state index contributed by atoms with van der Waals surface area (Å²) in [5, 5.41) is 16.0. The molecule has 9 heteroatoms. The van der Waals surface area contributed by atoms with Crippen molar-refractivity contribution in [1.82, 2.24) is 25.1 Å². The van der Waals surface area contributed by atoms with Crippen LogP contribution in [0, 0.1) is 0 Å². The molecule has 1 aromatic carbocycles. The summed E-state index contributed by atoms with van der Waals surface area (Å²) < 4.78 is 0.911. The van der Waals surface area contributed by atoms with Crippen molar-refractivity contribution in [3.63, 3.8) is 0 Å². The number of nitrogens with one attached hydrogen (secondary N) is 3. The van der Waals surface area contributed by atoms with Gasteiger partial charge in [0.25, 0.3) is 5.91 Å². The molecule has 0 saturated heterocycles. The molecule has 3 N–H and O–H groups in total. The number of fused-ring (bicyclic) bond motifs is 2. The Hall–Kier alpha value is -3.85. The number of thiophene rings is 1. The summed E-state index contributed by atoms with van der Waals surface area (Å²) in [6.45, 7) is 0. The molecule has 136 valence electrons. The van der Waals surface area contributed by atoms with Gasteiger partial charge < -0.3 is 5.32 Å². The maximum Gasteiger partial charge on any atom is 0.258 e. The van der Waals surface area contributed by atoms with Crippen LogP contribution in [-0.4, -0.2) is 31.1 Å². The number of carbonyl (C=O) groups is 1. The van der Waals surface area contributed by atoms with Crippen LogP contribution in [0.2, 0.25) is 0 Å². The molecule has 0 aliphatic carbocycles. The molecule has 0 radical (unpaired) electrons. The summed E-state index contributed by atoms with van der Waals surface area (Å²) in [7, 11) is 0. The van der Waals surface area contributed by atoms with E-state index >= 15 is 0 Å². The first-order valence-electron chi connectivity index (χ1n) is 8.43. The van der Waals surface area contributed by atoms with Gasteiger partial charge in [-0.3, -0.25) is 20.2 Å². The van der Waals surface area contributed by atoms with Gasteiger partial charge in [0.2, 0.25) is 5.95 Å². The van der Waals surface area contributed by atoms with Crippen LogP contribution < -0.4 is 10.6 Å². The van der Waals surface area contributed by atoms with Crippen molar-refractivity contribution in [2.75, 3.05) is 10.6 Å². The van der Waals surface area contributed by atoms with E-state index in [-0.39, 0.29) is 11.9 Å². The predicted molar refractivity (Wildman–Crippen MR) is 109 cm³/mol. The molecule has 0 saturated carbocycles. The quantitative estimate of drug-likeness (QED) is 0.431. The highest BCUT2D eigenvalue weighted by Crippen LogP contribution is 2.30. The van der Waals surface area contributed by atoms with Crippen molar-refractivity contribution in [2.24, 2.45) is 0 Å². The molecule has 5 rings (SSSR count). The molecule has 0 atom stereocenters. The second kappa shape index (κ2) is 6.71. The fraction of sp³-hybridized carbons (Fsp3) is 0. The van der Waals surface area contributed by atoms with Crippen molar-refractivity contribution in [3.05, 3.63) is 65.9 Å². The summed E-state index contributed by atoms with van der Waals surface area (Å²) in [5.41, 5.74) is 3.08. The maximum atomic E-state index is 12.4. The van der Waals surface area contributed by atoms with E-state index in [2.05, 4.69) is 35.8 Å². The number of benzene rings is 1. The summed E-state index contributed by atoms with van der Waals surface area (Å²) in [6, 6.07) is 11.0. The summed E-state index contributed by atoms with van der Waals surface area (Å²) in [4.78, 5) is 25.3. The lowest BCUT2D eigenvalue weighted by atomic mass is 10.2. The summed E-state index contributed by atoms with van der Waals surface area (Å²) in [6.07, 6.45) is 4.90. The second-order valence-corrected chi connectivity index (χ2v) is 6.93. The van der Waals surface area contributed by atoms with Crippen molar-refractivity contribution >= 4 is 55.8 Å². The Bertz CT molecular complexity index is 1300. The van der Waals surface area contributed by atoms with Crippen LogP contribution in [-0.2, 0) is 0 Å². The van der Waals surface area contributed by atoms with Crippen molar-refractivity contribution in [2.45, 2.75) is 0 Å². The fourth-order valence-corrected chi connectivity index (χ4v) is 3.61. The average molecular weight is 387 g/mol. The van der Waals surface area contributed by atoms with E-state index in [1.165, 1.54) is 11.3 Å². The molecule has 5 aromatic rings. The highest BCUT2D eigenvalue weighted by molar-refractivity contribution is 7.17. The molecule has 0 bridgehead atoms. The first-order valence-corrected chi connectivity index (χ1v) is 9.31. The third-order valence-corrected chi connectivity index (χ3v) is 5.08. The van der Waals surface area contributed by atoms with Crippen molar-refractivity contribution < 1.29 is 4.79 Å². The maximum absolute atomic E-state index is 12.4. The van der Waals surface area contributed by atoms with E-state index in [0.29, 0.717) is 11.4 Å². The van der Waals surface area contributed by atoms with E-state index in [1.54, 1.807) is 30.7 Å². The number of aromatic nitrogens is 5. The molecule has 8 nitrogen and oxygen atoms in total. The predicted octanol–water partition coefficient (Wildman–Crippen LogP) is 3.96. The molecule has 28 heavy (non-hydrogen) atoms. The number of pyridine rings is 1. The zero-order valence-corrected chi connectivity index (χ0v) is 15.2. The van der Waals surface area contributed by atoms with Gasteiger partial charge in [-0.2, -0.15) is 10.1 Å². The van der Waals surface area contributed by atoms with Gasteiger partial charge in [0, 0.05) is 29.0 Å². The number of hydrogen-bond donors (Lipinski definition) is 3. The van der Waals surface area contributed by atoms with Crippen LogP contribution in [0.1, 0.15) is 10.4 Å². The summed E-state index contributed by atoms with van der Waals surface area (Å²) in [5.74, 6) is 0.579. The van der Waals surface area contributed by atoms with Gasteiger partial charge in [-0.15, -0.1) is 11.3 Å². The van der Waals surface area contributed by atoms with Crippen molar-refractivity contribution in [1.29, 1.82) is 0 Å². The van der Waals surface area contributed by atoms with Gasteiger partial charge in [0.1, 0.15) is 0 Å². The van der Waals surface area contributed by atoms with E-state index in [4.69, 9.17) is 0 Å². The monoisotopic (exact) mass is 387 g/mol. The minimum absolute atomic E-state index is 0.236. The first kappa shape index (κ1) is 16.3. The molecule has 0 aliphatic rings. The molecule has 0 unspecified atom stereocenters. The molecular formula is C19H13N7OS. The smallest absolute Gasteiger partial charge is 0.258 e. The standard InChI is InChI=1S/C19H13N7OS/c27-18(11-3-6-20-7-4-11)25-19-23-15-5-8-28-16(15)17(24-19)22-13-1-2-14-12(9-13)10-21-26-14/h1-10H,(H,21,26)(H2,22,23,24,25,27). The molecule has 0 fully saturated rings. The molecule has 0 spiro atoms. The number of amides is 1. The topological polar surface area (TPSA) is 108 Å². The highest BCUT2D eigenvalue weighted by atomic mass is 32.1. The number of rotatable bonds is 4.